The Balaban J connectivity index is 2.13. The van der Waals surface area contributed by atoms with Gasteiger partial charge in [-0.2, -0.15) is 0 Å². The van der Waals surface area contributed by atoms with Gasteiger partial charge in [0.15, 0.2) is 0 Å². The van der Waals surface area contributed by atoms with Gasteiger partial charge in [0, 0.05) is 29.1 Å². The van der Waals surface area contributed by atoms with Crippen molar-refractivity contribution in [3.8, 4) is 0 Å². The van der Waals surface area contributed by atoms with Crippen LogP contribution in [0.5, 0.6) is 0 Å². The van der Waals surface area contributed by atoms with Crippen molar-refractivity contribution in [2.24, 2.45) is 5.73 Å². The number of aromatic nitrogens is 1. The quantitative estimate of drug-likeness (QED) is 0.845. The molecule has 0 aliphatic rings. The van der Waals surface area contributed by atoms with Gasteiger partial charge in [-0.15, -0.1) is 11.8 Å². The van der Waals surface area contributed by atoms with E-state index in [2.05, 4.69) is 4.98 Å². The van der Waals surface area contributed by atoms with Crippen LogP contribution in [0.25, 0.3) is 0 Å². The van der Waals surface area contributed by atoms with Crippen LogP contribution in [-0.4, -0.2) is 11.5 Å². The van der Waals surface area contributed by atoms with E-state index in [0.717, 1.165) is 10.5 Å². The van der Waals surface area contributed by atoms with Gasteiger partial charge in [-0.25, -0.2) is 4.39 Å². The van der Waals surface area contributed by atoms with Crippen LogP contribution in [0.2, 0.25) is 0 Å². The predicted molar refractivity (Wildman–Crippen MR) is 68.3 cm³/mol. The van der Waals surface area contributed by atoms with Gasteiger partial charge >= 0.3 is 0 Å². The van der Waals surface area contributed by atoms with E-state index in [-0.39, 0.29) is 11.1 Å². The topological polar surface area (TPSA) is 38.9 Å². The van der Waals surface area contributed by atoms with Gasteiger partial charge in [0.2, 0.25) is 0 Å². The predicted octanol–water partition coefficient (Wildman–Crippen LogP) is 3.01. The van der Waals surface area contributed by atoms with Crippen molar-refractivity contribution in [1.82, 2.24) is 4.98 Å². The molecule has 2 nitrogen and oxygen atoms in total. The Labute approximate surface area is 104 Å². The maximum absolute atomic E-state index is 12.8. The van der Waals surface area contributed by atoms with E-state index < -0.39 is 0 Å². The van der Waals surface area contributed by atoms with Crippen LogP contribution in [0.3, 0.4) is 0 Å². The first-order valence-electron chi connectivity index (χ1n) is 5.32. The van der Waals surface area contributed by atoms with Crippen LogP contribution in [-0.2, 0) is 0 Å². The first-order valence-corrected chi connectivity index (χ1v) is 6.20. The number of hydrogen-bond acceptors (Lipinski definition) is 3. The van der Waals surface area contributed by atoms with Crippen molar-refractivity contribution in [3.05, 3.63) is 60.2 Å². The highest BCUT2D eigenvalue weighted by Gasteiger charge is 2.10. The van der Waals surface area contributed by atoms with E-state index in [9.17, 15) is 4.39 Å². The molecule has 1 heterocycles. The second-order valence-corrected chi connectivity index (χ2v) is 4.85. The second kappa shape index (κ2) is 5.80. The summed E-state index contributed by atoms with van der Waals surface area (Å²) < 4.78 is 12.8. The zero-order chi connectivity index (χ0) is 12.1. The fourth-order valence-corrected chi connectivity index (χ4v) is 2.52. The summed E-state index contributed by atoms with van der Waals surface area (Å²) in [6.45, 7) is 0.534. The molecular formula is C13H13FN2S. The Hall–Kier alpha value is -1.39. The highest BCUT2D eigenvalue weighted by Crippen LogP contribution is 2.33. The number of nitrogens with two attached hydrogens (primary N) is 1. The Bertz CT molecular complexity index is 459. The third kappa shape index (κ3) is 3.28. The first kappa shape index (κ1) is 12.1. The summed E-state index contributed by atoms with van der Waals surface area (Å²) in [4.78, 5) is 4.99. The van der Waals surface area contributed by atoms with Crippen LogP contribution >= 0.6 is 11.8 Å². The van der Waals surface area contributed by atoms with Crippen LogP contribution in [0.1, 0.15) is 10.8 Å². The molecule has 4 heteroatoms. The normalized spacial score (nSPS) is 12.4. The summed E-state index contributed by atoms with van der Waals surface area (Å²) in [5.41, 5.74) is 6.90. The molecule has 0 fully saturated rings. The molecule has 0 aliphatic carbocycles. The molecule has 1 unspecified atom stereocenters. The fourth-order valence-electron chi connectivity index (χ4n) is 1.51. The Morgan fingerprint density at radius 1 is 1.12 bits per heavy atom. The minimum atomic E-state index is -0.220. The number of halogens is 1. The van der Waals surface area contributed by atoms with Crippen molar-refractivity contribution in [2.45, 2.75) is 10.1 Å². The lowest BCUT2D eigenvalue weighted by atomic mass is 10.2. The summed E-state index contributed by atoms with van der Waals surface area (Å²) in [6.07, 6.45) is 3.51. The SMILES string of the molecule is NCC(Sc1ccc(F)cc1)c1ccncc1. The Morgan fingerprint density at radius 3 is 2.35 bits per heavy atom. The van der Waals surface area contributed by atoms with Crippen molar-refractivity contribution >= 4 is 11.8 Å². The van der Waals surface area contributed by atoms with Crippen molar-refractivity contribution in [1.29, 1.82) is 0 Å². The summed E-state index contributed by atoms with van der Waals surface area (Å²) >= 11 is 1.63. The van der Waals surface area contributed by atoms with Crippen LogP contribution in [0.4, 0.5) is 4.39 Å². The minimum Gasteiger partial charge on any atom is -0.329 e. The number of rotatable bonds is 4. The molecule has 0 amide bonds. The molecule has 0 bridgehead atoms. The molecule has 1 atom stereocenters. The third-order valence-electron chi connectivity index (χ3n) is 2.38. The van der Waals surface area contributed by atoms with Gasteiger partial charge in [0.05, 0.1) is 0 Å². The van der Waals surface area contributed by atoms with E-state index in [0.29, 0.717) is 6.54 Å². The van der Waals surface area contributed by atoms with Gasteiger partial charge in [0.1, 0.15) is 5.82 Å². The second-order valence-electron chi connectivity index (χ2n) is 3.58. The monoisotopic (exact) mass is 248 g/mol. The molecule has 0 saturated carbocycles. The number of nitrogens with zero attached hydrogens (tertiary/aromatic N) is 1. The summed E-state index contributed by atoms with van der Waals surface area (Å²) in [6, 6.07) is 10.4. The van der Waals surface area contributed by atoms with Crippen molar-refractivity contribution in [2.75, 3.05) is 6.54 Å². The average Bonchev–Trinajstić information content (AvgIpc) is 2.39. The lowest BCUT2D eigenvalue weighted by molar-refractivity contribution is 0.626. The first-order chi connectivity index (χ1) is 8.29. The number of benzene rings is 1. The van der Waals surface area contributed by atoms with Crippen molar-refractivity contribution < 1.29 is 4.39 Å². The molecule has 1 aromatic carbocycles. The minimum absolute atomic E-state index is 0.170. The van der Waals surface area contributed by atoms with E-state index >= 15 is 0 Å². The third-order valence-corrected chi connectivity index (χ3v) is 3.68. The standard InChI is InChI=1S/C13H13FN2S/c14-11-1-3-12(4-2-11)17-13(9-15)10-5-7-16-8-6-10/h1-8,13H,9,15H2. The molecule has 0 aliphatic heterocycles. The van der Waals surface area contributed by atoms with E-state index in [1.807, 2.05) is 12.1 Å². The molecule has 0 saturated heterocycles. The molecule has 0 spiro atoms. The van der Waals surface area contributed by atoms with Gasteiger partial charge < -0.3 is 5.73 Å². The smallest absolute Gasteiger partial charge is 0.123 e. The molecular weight excluding hydrogens is 235 g/mol. The Kier molecular flexibility index (Phi) is 4.12. The highest BCUT2D eigenvalue weighted by atomic mass is 32.2. The molecule has 2 rings (SSSR count). The zero-order valence-electron chi connectivity index (χ0n) is 9.21. The van der Waals surface area contributed by atoms with Crippen LogP contribution in [0.15, 0.2) is 53.7 Å². The average molecular weight is 248 g/mol. The molecule has 1 aromatic heterocycles. The maximum atomic E-state index is 12.8. The molecule has 2 aromatic rings. The molecule has 88 valence electrons. The molecule has 0 radical (unpaired) electrons. The number of thioether (sulfide) groups is 1. The van der Waals surface area contributed by atoms with Crippen LogP contribution < -0.4 is 5.73 Å². The summed E-state index contributed by atoms with van der Waals surface area (Å²) in [7, 11) is 0. The summed E-state index contributed by atoms with van der Waals surface area (Å²) in [5, 5.41) is 0.170. The van der Waals surface area contributed by atoms with E-state index in [4.69, 9.17) is 5.73 Å². The van der Waals surface area contributed by atoms with Crippen LogP contribution in [0, 0.1) is 5.82 Å². The maximum Gasteiger partial charge on any atom is 0.123 e. The summed E-state index contributed by atoms with van der Waals surface area (Å²) in [5.74, 6) is -0.220. The lowest BCUT2D eigenvalue weighted by Crippen LogP contribution is -2.09. The lowest BCUT2D eigenvalue weighted by Gasteiger charge is -2.14. The highest BCUT2D eigenvalue weighted by molar-refractivity contribution is 7.99. The largest absolute Gasteiger partial charge is 0.329 e. The zero-order valence-corrected chi connectivity index (χ0v) is 10.0. The van der Waals surface area contributed by atoms with E-state index in [1.54, 1.807) is 36.3 Å². The van der Waals surface area contributed by atoms with Gasteiger partial charge in [-0.05, 0) is 42.0 Å². The Morgan fingerprint density at radius 2 is 1.76 bits per heavy atom. The molecule has 17 heavy (non-hydrogen) atoms. The van der Waals surface area contributed by atoms with E-state index in [1.165, 1.54) is 12.1 Å². The van der Waals surface area contributed by atoms with Crippen molar-refractivity contribution in [3.63, 3.8) is 0 Å². The molecule has 2 N–H and O–H groups in total. The van der Waals surface area contributed by atoms with Gasteiger partial charge in [-0.3, -0.25) is 4.98 Å². The van der Waals surface area contributed by atoms with Gasteiger partial charge in [-0.1, -0.05) is 0 Å². The number of pyridine rings is 1. The number of hydrogen-bond donors (Lipinski definition) is 1. The fraction of sp³-hybridized carbons (Fsp3) is 0.154. The van der Waals surface area contributed by atoms with Gasteiger partial charge in [0.25, 0.3) is 0 Å².